The van der Waals surface area contributed by atoms with E-state index in [0.29, 0.717) is 18.6 Å². The quantitative estimate of drug-likeness (QED) is 0.888. The molecule has 0 aliphatic heterocycles. The largest absolute Gasteiger partial charge is 0.445 e. The topological polar surface area (TPSA) is 38.3 Å². The fraction of sp³-hybridized carbons (Fsp3) is 0.533. The van der Waals surface area contributed by atoms with Crippen molar-refractivity contribution in [2.24, 2.45) is 11.8 Å². The lowest BCUT2D eigenvalue weighted by molar-refractivity contribution is 0.131. The number of amides is 1. The third kappa shape index (κ3) is 2.50. The van der Waals surface area contributed by atoms with Gasteiger partial charge in [0.05, 0.1) is 0 Å². The van der Waals surface area contributed by atoms with Crippen LogP contribution in [-0.4, -0.2) is 12.1 Å². The maximum absolute atomic E-state index is 11.7. The minimum atomic E-state index is -0.267. The molecule has 2 bridgehead atoms. The number of alkyl carbamates (subject to hydrolysis) is 1. The number of carbonyl (C=O) groups is 1. The monoisotopic (exact) mass is 245 g/mol. The zero-order chi connectivity index (χ0) is 12.4. The molecule has 3 nitrogen and oxygen atoms in total. The highest BCUT2D eigenvalue weighted by molar-refractivity contribution is 5.67. The van der Waals surface area contributed by atoms with Crippen molar-refractivity contribution in [3.63, 3.8) is 0 Å². The lowest BCUT2D eigenvalue weighted by atomic mass is 9.96. The molecule has 1 aromatic rings. The van der Waals surface area contributed by atoms with Gasteiger partial charge in [-0.15, -0.1) is 0 Å². The zero-order valence-electron chi connectivity index (χ0n) is 10.5. The first kappa shape index (κ1) is 11.6. The molecule has 0 spiro atoms. The molecule has 18 heavy (non-hydrogen) atoms. The summed E-state index contributed by atoms with van der Waals surface area (Å²) in [5, 5.41) is 3.02. The molecule has 2 saturated carbocycles. The van der Waals surface area contributed by atoms with Crippen LogP contribution in [0.25, 0.3) is 0 Å². The van der Waals surface area contributed by atoms with E-state index in [4.69, 9.17) is 4.74 Å². The van der Waals surface area contributed by atoms with E-state index in [-0.39, 0.29) is 6.09 Å². The minimum absolute atomic E-state index is 0.267. The van der Waals surface area contributed by atoms with E-state index in [1.54, 1.807) is 0 Å². The Morgan fingerprint density at radius 1 is 1.22 bits per heavy atom. The number of hydrogen-bond acceptors (Lipinski definition) is 2. The van der Waals surface area contributed by atoms with Gasteiger partial charge in [-0.3, -0.25) is 0 Å². The number of ether oxygens (including phenoxy) is 1. The third-order valence-corrected chi connectivity index (χ3v) is 4.25. The molecule has 3 heteroatoms. The number of hydrogen-bond donors (Lipinski definition) is 1. The van der Waals surface area contributed by atoms with Crippen LogP contribution in [-0.2, 0) is 11.3 Å². The molecule has 3 atom stereocenters. The van der Waals surface area contributed by atoms with Crippen LogP contribution in [0.4, 0.5) is 4.79 Å². The molecular weight excluding hydrogens is 226 g/mol. The first-order chi connectivity index (χ1) is 8.81. The average Bonchev–Trinajstić information content (AvgIpc) is 3.00. The summed E-state index contributed by atoms with van der Waals surface area (Å²) >= 11 is 0. The molecule has 0 radical (unpaired) electrons. The van der Waals surface area contributed by atoms with Crippen LogP contribution in [0.1, 0.15) is 31.2 Å². The minimum Gasteiger partial charge on any atom is -0.445 e. The molecule has 96 valence electrons. The van der Waals surface area contributed by atoms with Crippen LogP contribution >= 0.6 is 0 Å². The van der Waals surface area contributed by atoms with Gasteiger partial charge in [-0.05, 0) is 36.7 Å². The molecule has 1 N–H and O–H groups in total. The summed E-state index contributed by atoms with van der Waals surface area (Å²) in [6, 6.07) is 10.1. The lowest BCUT2D eigenvalue weighted by Gasteiger charge is -2.22. The predicted octanol–water partition coefficient (Wildman–Crippen LogP) is 3.10. The average molecular weight is 245 g/mol. The van der Waals surface area contributed by atoms with Gasteiger partial charge in [-0.2, -0.15) is 0 Å². The summed E-state index contributed by atoms with van der Waals surface area (Å²) in [7, 11) is 0. The first-order valence-electron chi connectivity index (χ1n) is 6.78. The standard InChI is InChI=1S/C15H19NO2/c17-15(18-10-11-4-2-1-3-5-11)16-14-9-12-6-7-13(14)8-12/h1-5,12-14H,6-10H2,(H,16,17)/t12-,13-,14+/m1/s1. The predicted molar refractivity (Wildman–Crippen MR) is 69.0 cm³/mol. The Hall–Kier alpha value is -1.51. The fourth-order valence-electron chi connectivity index (χ4n) is 3.34. The Morgan fingerprint density at radius 3 is 2.72 bits per heavy atom. The number of rotatable bonds is 3. The van der Waals surface area contributed by atoms with E-state index in [1.807, 2.05) is 30.3 Å². The summed E-state index contributed by atoms with van der Waals surface area (Å²) in [5.74, 6) is 1.54. The highest BCUT2D eigenvalue weighted by atomic mass is 16.5. The van der Waals surface area contributed by atoms with Crippen LogP contribution in [0, 0.1) is 11.8 Å². The molecule has 2 aliphatic rings. The summed E-state index contributed by atoms with van der Waals surface area (Å²) < 4.78 is 5.25. The van der Waals surface area contributed by atoms with E-state index < -0.39 is 0 Å². The molecule has 2 fully saturated rings. The summed E-state index contributed by atoms with van der Waals surface area (Å²) in [6.45, 7) is 0.355. The fourth-order valence-corrected chi connectivity index (χ4v) is 3.34. The number of carbonyl (C=O) groups excluding carboxylic acids is 1. The summed E-state index contributed by atoms with van der Waals surface area (Å²) in [6.07, 6.45) is 4.79. The van der Waals surface area contributed by atoms with Crippen LogP contribution < -0.4 is 5.32 Å². The maximum atomic E-state index is 11.7. The first-order valence-corrected chi connectivity index (χ1v) is 6.78. The van der Waals surface area contributed by atoms with Crippen molar-refractivity contribution in [1.82, 2.24) is 5.32 Å². The van der Waals surface area contributed by atoms with Crippen molar-refractivity contribution in [1.29, 1.82) is 0 Å². The smallest absolute Gasteiger partial charge is 0.407 e. The van der Waals surface area contributed by atoms with Gasteiger partial charge in [0.1, 0.15) is 6.61 Å². The molecule has 0 aromatic heterocycles. The van der Waals surface area contributed by atoms with Gasteiger partial charge < -0.3 is 10.1 Å². The highest BCUT2D eigenvalue weighted by Gasteiger charge is 2.40. The van der Waals surface area contributed by atoms with Crippen molar-refractivity contribution in [3.8, 4) is 0 Å². The molecular formula is C15H19NO2. The van der Waals surface area contributed by atoms with Crippen LogP contribution in [0.2, 0.25) is 0 Å². The van der Waals surface area contributed by atoms with Crippen molar-refractivity contribution in [2.75, 3.05) is 0 Å². The van der Waals surface area contributed by atoms with E-state index in [2.05, 4.69) is 5.32 Å². The normalized spacial score (nSPS) is 29.2. The Labute approximate surface area is 108 Å². The van der Waals surface area contributed by atoms with E-state index in [9.17, 15) is 4.79 Å². The number of nitrogens with one attached hydrogen (secondary N) is 1. The van der Waals surface area contributed by atoms with Gasteiger partial charge in [0.25, 0.3) is 0 Å². The SMILES string of the molecule is O=C(N[C@H]1C[C@@H]2CC[C@@H]1C2)OCc1ccccc1. The highest BCUT2D eigenvalue weighted by Crippen LogP contribution is 2.44. The second-order valence-electron chi connectivity index (χ2n) is 5.49. The van der Waals surface area contributed by atoms with Gasteiger partial charge in [-0.25, -0.2) is 4.79 Å². The van der Waals surface area contributed by atoms with E-state index >= 15 is 0 Å². The third-order valence-electron chi connectivity index (χ3n) is 4.25. The molecule has 1 aromatic carbocycles. The van der Waals surface area contributed by atoms with Gasteiger partial charge >= 0.3 is 6.09 Å². The molecule has 1 amide bonds. The van der Waals surface area contributed by atoms with E-state index in [1.165, 1.54) is 19.3 Å². The Bertz CT molecular complexity index is 418. The second kappa shape index (κ2) is 5.01. The van der Waals surface area contributed by atoms with Gasteiger partial charge in [-0.1, -0.05) is 36.8 Å². The van der Waals surface area contributed by atoms with Crippen LogP contribution in [0.5, 0.6) is 0 Å². The molecule has 0 saturated heterocycles. The van der Waals surface area contributed by atoms with Crippen LogP contribution in [0.3, 0.4) is 0 Å². The van der Waals surface area contributed by atoms with Crippen molar-refractivity contribution in [2.45, 2.75) is 38.3 Å². The molecule has 3 rings (SSSR count). The van der Waals surface area contributed by atoms with E-state index in [0.717, 1.165) is 17.9 Å². The second-order valence-corrected chi connectivity index (χ2v) is 5.49. The summed E-state index contributed by atoms with van der Waals surface area (Å²) in [4.78, 5) is 11.7. The molecule has 0 heterocycles. The Kier molecular flexibility index (Phi) is 3.22. The zero-order valence-corrected chi connectivity index (χ0v) is 10.5. The molecule has 0 unspecified atom stereocenters. The summed E-state index contributed by atoms with van der Waals surface area (Å²) in [5.41, 5.74) is 1.03. The van der Waals surface area contributed by atoms with Crippen molar-refractivity contribution in [3.05, 3.63) is 35.9 Å². The van der Waals surface area contributed by atoms with Gasteiger partial charge in [0.15, 0.2) is 0 Å². The number of fused-ring (bicyclic) bond motifs is 2. The Morgan fingerprint density at radius 2 is 2.06 bits per heavy atom. The van der Waals surface area contributed by atoms with Crippen molar-refractivity contribution < 1.29 is 9.53 Å². The van der Waals surface area contributed by atoms with Crippen molar-refractivity contribution >= 4 is 6.09 Å². The van der Waals surface area contributed by atoms with Crippen LogP contribution in [0.15, 0.2) is 30.3 Å². The molecule has 2 aliphatic carbocycles. The Balaban J connectivity index is 1.45. The van der Waals surface area contributed by atoms with Gasteiger partial charge in [0, 0.05) is 6.04 Å². The lowest BCUT2D eigenvalue weighted by Crippen LogP contribution is -2.38. The number of benzene rings is 1. The van der Waals surface area contributed by atoms with Gasteiger partial charge in [0.2, 0.25) is 0 Å². The maximum Gasteiger partial charge on any atom is 0.407 e.